The average Bonchev–Trinajstić information content (AvgIpc) is 3.23. The standard InChI is InChI=1S/C18H22ClFN2O5S/c1-21(9-11-6-17(23)22(10-11)12-4-2-3-5-12)28(26,27)16-7-13(18(24)25)14(19)8-15(16)20/h7-8,11-12H,2-6,9-10H2,1H3,(H,24,25). The van der Waals surface area contributed by atoms with E-state index in [-0.39, 0.29) is 35.9 Å². The van der Waals surface area contributed by atoms with Gasteiger partial charge in [-0.15, -0.1) is 0 Å². The van der Waals surface area contributed by atoms with E-state index in [9.17, 15) is 22.4 Å². The second kappa shape index (κ2) is 7.96. The first kappa shape index (κ1) is 21.0. The zero-order valence-corrected chi connectivity index (χ0v) is 17.0. The molecule has 3 rings (SSSR count). The number of halogens is 2. The summed E-state index contributed by atoms with van der Waals surface area (Å²) >= 11 is 5.69. The number of rotatable bonds is 6. The van der Waals surface area contributed by atoms with E-state index in [2.05, 4.69) is 0 Å². The van der Waals surface area contributed by atoms with Crippen molar-refractivity contribution >= 4 is 33.5 Å². The molecule has 1 aromatic carbocycles. The Labute approximate surface area is 168 Å². The number of nitrogens with zero attached hydrogens (tertiary/aromatic N) is 2. The molecule has 1 unspecified atom stereocenters. The first-order chi connectivity index (χ1) is 13.1. The van der Waals surface area contributed by atoms with Crippen molar-refractivity contribution in [3.63, 3.8) is 0 Å². The van der Waals surface area contributed by atoms with Crippen molar-refractivity contribution in [2.75, 3.05) is 20.1 Å². The summed E-state index contributed by atoms with van der Waals surface area (Å²) in [5, 5.41) is 8.74. The summed E-state index contributed by atoms with van der Waals surface area (Å²) in [6.07, 6.45) is 4.38. The van der Waals surface area contributed by atoms with Crippen LogP contribution in [-0.4, -0.2) is 60.8 Å². The number of aromatic carboxylic acids is 1. The fraction of sp³-hybridized carbons (Fsp3) is 0.556. The molecular weight excluding hydrogens is 411 g/mol. The van der Waals surface area contributed by atoms with Crippen molar-refractivity contribution in [3.05, 3.63) is 28.5 Å². The molecule has 1 N–H and O–H groups in total. The zero-order chi connectivity index (χ0) is 20.6. The van der Waals surface area contributed by atoms with E-state index < -0.39 is 32.3 Å². The van der Waals surface area contributed by atoms with Crippen LogP contribution in [0.3, 0.4) is 0 Å². The highest BCUT2D eigenvalue weighted by atomic mass is 35.5. The summed E-state index contributed by atoms with van der Waals surface area (Å²) in [7, 11) is -2.98. The highest BCUT2D eigenvalue weighted by Crippen LogP contribution is 2.31. The Morgan fingerprint density at radius 3 is 2.61 bits per heavy atom. The molecule has 0 radical (unpaired) electrons. The molecule has 154 valence electrons. The van der Waals surface area contributed by atoms with Gasteiger partial charge in [-0.25, -0.2) is 21.9 Å². The number of carboxylic acid groups (broad SMARTS) is 1. The van der Waals surface area contributed by atoms with Crippen LogP contribution in [-0.2, 0) is 14.8 Å². The molecule has 2 aliphatic rings. The molecule has 1 saturated heterocycles. The highest BCUT2D eigenvalue weighted by Gasteiger charge is 2.37. The zero-order valence-electron chi connectivity index (χ0n) is 15.4. The monoisotopic (exact) mass is 432 g/mol. The van der Waals surface area contributed by atoms with Crippen LogP contribution in [0, 0.1) is 11.7 Å². The average molecular weight is 433 g/mol. The number of hydrogen-bond acceptors (Lipinski definition) is 4. The Morgan fingerprint density at radius 1 is 1.36 bits per heavy atom. The Kier molecular flexibility index (Phi) is 5.97. The van der Waals surface area contributed by atoms with Crippen molar-refractivity contribution in [2.24, 2.45) is 5.92 Å². The summed E-state index contributed by atoms with van der Waals surface area (Å²) < 4.78 is 40.8. The highest BCUT2D eigenvalue weighted by molar-refractivity contribution is 7.89. The van der Waals surface area contributed by atoms with Gasteiger partial charge in [0.1, 0.15) is 10.7 Å². The van der Waals surface area contributed by atoms with Crippen molar-refractivity contribution in [2.45, 2.75) is 43.0 Å². The van der Waals surface area contributed by atoms with Crippen molar-refractivity contribution in [3.8, 4) is 0 Å². The van der Waals surface area contributed by atoms with Gasteiger partial charge in [0.05, 0.1) is 10.6 Å². The lowest BCUT2D eigenvalue weighted by Gasteiger charge is -2.25. The van der Waals surface area contributed by atoms with Crippen molar-refractivity contribution < 1.29 is 27.5 Å². The topological polar surface area (TPSA) is 95.0 Å². The van der Waals surface area contributed by atoms with E-state index in [1.54, 1.807) is 0 Å². The van der Waals surface area contributed by atoms with Crippen LogP contribution in [0.25, 0.3) is 0 Å². The largest absolute Gasteiger partial charge is 0.478 e. The van der Waals surface area contributed by atoms with Crippen molar-refractivity contribution in [1.29, 1.82) is 0 Å². The maximum atomic E-state index is 14.2. The Bertz CT molecular complexity index is 901. The molecule has 1 aliphatic carbocycles. The minimum atomic E-state index is -4.28. The van der Waals surface area contributed by atoms with Gasteiger partial charge in [-0.1, -0.05) is 24.4 Å². The Balaban J connectivity index is 1.77. The third kappa shape index (κ3) is 4.01. The molecule has 1 saturated carbocycles. The lowest BCUT2D eigenvalue weighted by Crippen LogP contribution is -2.36. The third-order valence-electron chi connectivity index (χ3n) is 5.46. The van der Waals surface area contributed by atoms with Gasteiger partial charge in [-0.3, -0.25) is 4.79 Å². The molecular formula is C18H22ClFN2O5S. The molecule has 0 aromatic heterocycles. The van der Waals surface area contributed by atoms with E-state index in [0.717, 1.165) is 36.1 Å². The fourth-order valence-electron chi connectivity index (χ4n) is 4.02. The molecule has 1 amide bonds. The van der Waals surface area contributed by atoms with E-state index in [0.29, 0.717) is 12.6 Å². The number of hydrogen-bond donors (Lipinski definition) is 1. The van der Waals surface area contributed by atoms with Gasteiger partial charge in [0.2, 0.25) is 15.9 Å². The second-order valence-electron chi connectivity index (χ2n) is 7.41. The first-order valence-electron chi connectivity index (χ1n) is 9.09. The maximum absolute atomic E-state index is 14.2. The van der Waals surface area contributed by atoms with Crippen LogP contribution in [0.15, 0.2) is 17.0 Å². The van der Waals surface area contributed by atoms with E-state index in [1.165, 1.54) is 7.05 Å². The number of amides is 1. The number of carbonyl (C=O) groups is 2. The minimum Gasteiger partial charge on any atom is -0.478 e. The summed E-state index contributed by atoms with van der Waals surface area (Å²) in [6, 6.07) is 1.65. The van der Waals surface area contributed by atoms with E-state index >= 15 is 0 Å². The molecule has 1 aliphatic heterocycles. The summed E-state index contributed by atoms with van der Waals surface area (Å²) in [5.74, 6) is -2.73. The molecule has 2 fully saturated rings. The number of carbonyl (C=O) groups excluding carboxylic acids is 1. The smallest absolute Gasteiger partial charge is 0.337 e. The summed E-state index contributed by atoms with van der Waals surface area (Å²) in [6.45, 7) is 0.522. The van der Waals surface area contributed by atoms with Gasteiger partial charge in [0.25, 0.3) is 0 Å². The van der Waals surface area contributed by atoms with Crippen molar-refractivity contribution in [1.82, 2.24) is 9.21 Å². The third-order valence-corrected chi connectivity index (χ3v) is 7.61. The minimum absolute atomic E-state index is 0.0218. The summed E-state index contributed by atoms with van der Waals surface area (Å²) in [5.41, 5.74) is -0.488. The van der Waals surface area contributed by atoms with Crippen LogP contribution in [0.5, 0.6) is 0 Å². The van der Waals surface area contributed by atoms with Crippen LogP contribution in [0.2, 0.25) is 5.02 Å². The van der Waals surface area contributed by atoms with Gasteiger partial charge in [-0.05, 0) is 30.9 Å². The molecule has 1 atom stereocenters. The second-order valence-corrected chi connectivity index (χ2v) is 9.83. The lowest BCUT2D eigenvalue weighted by molar-refractivity contribution is -0.129. The quantitative estimate of drug-likeness (QED) is 0.745. The van der Waals surface area contributed by atoms with E-state index in [1.807, 2.05) is 4.90 Å². The Hall–Kier alpha value is -1.71. The van der Waals surface area contributed by atoms with Crippen LogP contribution in [0.1, 0.15) is 42.5 Å². The molecule has 7 nitrogen and oxygen atoms in total. The van der Waals surface area contributed by atoms with Gasteiger partial charge in [-0.2, -0.15) is 0 Å². The number of likely N-dealkylation sites (tertiary alicyclic amines) is 1. The maximum Gasteiger partial charge on any atom is 0.337 e. The molecule has 1 heterocycles. The molecule has 10 heteroatoms. The fourth-order valence-corrected chi connectivity index (χ4v) is 5.57. The predicted octanol–water partition coefficient (Wildman–Crippen LogP) is 2.59. The molecule has 0 bridgehead atoms. The number of benzene rings is 1. The van der Waals surface area contributed by atoms with Gasteiger partial charge in [0.15, 0.2) is 0 Å². The number of carboxylic acids is 1. The van der Waals surface area contributed by atoms with Gasteiger partial charge < -0.3 is 10.0 Å². The predicted molar refractivity (Wildman–Crippen MR) is 100 cm³/mol. The van der Waals surface area contributed by atoms with Crippen LogP contribution >= 0.6 is 11.6 Å². The SMILES string of the molecule is CN(CC1CC(=O)N(C2CCCC2)C1)S(=O)(=O)c1cc(C(=O)O)c(Cl)cc1F. The van der Waals surface area contributed by atoms with Crippen LogP contribution in [0.4, 0.5) is 4.39 Å². The first-order valence-corrected chi connectivity index (χ1v) is 10.9. The van der Waals surface area contributed by atoms with E-state index in [4.69, 9.17) is 16.7 Å². The van der Waals surface area contributed by atoms with Gasteiger partial charge in [0, 0.05) is 32.6 Å². The Morgan fingerprint density at radius 2 is 2.00 bits per heavy atom. The summed E-state index contributed by atoms with van der Waals surface area (Å²) in [4.78, 5) is 24.6. The molecule has 1 aromatic rings. The van der Waals surface area contributed by atoms with Gasteiger partial charge >= 0.3 is 5.97 Å². The molecule has 0 spiro atoms. The van der Waals surface area contributed by atoms with Crippen LogP contribution < -0.4 is 0 Å². The number of sulfonamides is 1. The lowest BCUT2D eigenvalue weighted by atomic mass is 10.1. The normalized spacial score (nSPS) is 21.1. The molecule has 28 heavy (non-hydrogen) atoms.